The number of carbonyl (C=O) groups is 1. The van der Waals surface area contributed by atoms with E-state index in [-0.39, 0.29) is 45.0 Å². The first kappa shape index (κ1) is 27.9. The quantitative estimate of drug-likeness (QED) is 0.0788. The van der Waals surface area contributed by atoms with Crippen molar-refractivity contribution < 1.29 is 27.1 Å². The molecule has 0 heterocycles. The van der Waals surface area contributed by atoms with Crippen LogP contribution in [0.25, 0.3) is 6.08 Å². The predicted octanol–water partition coefficient (Wildman–Crippen LogP) is 5.56. The van der Waals surface area contributed by atoms with Crippen LogP contribution in [0.1, 0.15) is 12.5 Å². The fourth-order valence-electron chi connectivity index (χ4n) is 2.99. The van der Waals surface area contributed by atoms with E-state index in [0.717, 1.165) is 6.07 Å². The molecule has 3 aromatic carbocycles. The number of rotatable bonds is 9. The maximum atomic E-state index is 12.7. The predicted molar refractivity (Wildman–Crippen MR) is 145 cm³/mol. The Morgan fingerprint density at radius 2 is 1.92 bits per heavy atom. The van der Waals surface area contributed by atoms with Crippen LogP contribution < -0.4 is 14.2 Å². The molecule has 3 rings (SSSR count). The number of benzene rings is 3. The summed E-state index contributed by atoms with van der Waals surface area (Å²) in [6, 6.07) is 15.8. The number of anilines is 1. The number of nitriles is 1. The largest absolute Gasteiger partial charge is 0.490 e. The third-order valence-electron chi connectivity index (χ3n) is 4.64. The molecule has 0 atom stereocenters. The van der Waals surface area contributed by atoms with Crippen molar-refractivity contribution in [3.8, 4) is 17.6 Å². The molecule has 1 N–H and O–H groups in total. The monoisotopic (exact) mass is 653 g/mol. The van der Waals surface area contributed by atoms with E-state index in [1.54, 1.807) is 31.2 Å². The second kappa shape index (κ2) is 12.0. The van der Waals surface area contributed by atoms with Crippen LogP contribution >= 0.6 is 34.2 Å². The summed E-state index contributed by atoms with van der Waals surface area (Å²) in [6.07, 6.45) is 1.25. The Bertz CT molecular complexity index is 1540. The van der Waals surface area contributed by atoms with Crippen molar-refractivity contribution in [2.75, 3.05) is 11.9 Å². The summed E-state index contributed by atoms with van der Waals surface area (Å²) in [7, 11) is -4.16. The Balaban J connectivity index is 1.95. The SMILES string of the molecule is CCOc1cc(/C=C(\C#N)C(=O)Nc2cc([N+](=O)[O-])ccc2Cl)cc(I)c1OS(=O)(=O)c1ccccc1. The summed E-state index contributed by atoms with van der Waals surface area (Å²) in [5.41, 5.74) is -0.332. The number of hydrogen-bond acceptors (Lipinski definition) is 8. The van der Waals surface area contributed by atoms with E-state index < -0.39 is 20.9 Å². The highest BCUT2D eigenvalue weighted by molar-refractivity contribution is 14.1. The number of nitro benzene ring substituents is 1. The number of carbonyl (C=O) groups excluding carboxylic acids is 1. The maximum absolute atomic E-state index is 12.7. The summed E-state index contributed by atoms with van der Waals surface area (Å²) in [5.74, 6) is -0.820. The fraction of sp³-hybridized carbons (Fsp3) is 0.0833. The van der Waals surface area contributed by atoms with E-state index >= 15 is 0 Å². The van der Waals surface area contributed by atoms with Crippen LogP contribution in [0.15, 0.2) is 71.1 Å². The minimum atomic E-state index is -4.16. The van der Waals surface area contributed by atoms with Crippen molar-refractivity contribution in [1.82, 2.24) is 0 Å². The van der Waals surface area contributed by atoms with Gasteiger partial charge in [-0.3, -0.25) is 14.9 Å². The summed E-state index contributed by atoms with van der Waals surface area (Å²) >= 11 is 7.88. The average molecular weight is 654 g/mol. The average Bonchev–Trinajstić information content (AvgIpc) is 2.86. The minimum absolute atomic E-state index is 0.0403. The maximum Gasteiger partial charge on any atom is 0.339 e. The molecule has 1 amide bonds. The zero-order valence-corrected chi connectivity index (χ0v) is 22.7. The number of non-ortho nitro benzene ring substituents is 1. The molecule has 37 heavy (non-hydrogen) atoms. The van der Waals surface area contributed by atoms with Crippen LogP contribution in [0.3, 0.4) is 0 Å². The van der Waals surface area contributed by atoms with E-state index in [9.17, 15) is 28.6 Å². The van der Waals surface area contributed by atoms with Gasteiger partial charge in [-0.25, -0.2) is 0 Å². The highest BCUT2D eigenvalue weighted by Crippen LogP contribution is 2.37. The lowest BCUT2D eigenvalue weighted by Gasteiger charge is -2.14. The van der Waals surface area contributed by atoms with Crippen molar-refractivity contribution in [3.05, 3.63) is 90.5 Å². The number of nitro groups is 1. The van der Waals surface area contributed by atoms with E-state index in [1.165, 1.54) is 42.5 Å². The molecule has 0 spiro atoms. The lowest BCUT2D eigenvalue weighted by atomic mass is 10.1. The molecule has 0 saturated heterocycles. The Morgan fingerprint density at radius 1 is 1.22 bits per heavy atom. The van der Waals surface area contributed by atoms with Gasteiger partial charge in [0.05, 0.1) is 25.8 Å². The first-order chi connectivity index (χ1) is 17.6. The fourth-order valence-corrected chi connectivity index (χ4v) is 5.02. The molecule has 0 aliphatic carbocycles. The van der Waals surface area contributed by atoms with Crippen molar-refractivity contribution in [2.45, 2.75) is 11.8 Å². The van der Waals surface area contributed by atoms with Gasteiger partial charge in [-0.2, -0.15) is 13.7 Å². The molecule has 10 nitrogen and oxygen atoms in total. The molecule has 3 aromatic rings. The van der Waals surface area contributed by atoms with Gasteiger partial charge in [0.15, 0.2) is 11.5 Å². The molecule has 0 aromatic heterocycles. The molecular formula is C24H17ClIN3O7S. The van der Waals surface area contributed by atoms with Gasteiger partial charge < -0.3 is 14.2 Å². The first-order valence-electron chi connectivity index (χ1n) is 10.4. The van der Waals surface area contributed by atoms with Gasteiger partial charge in [-0.05, 0) is 71.5 Å². The van der Waals surface area contributed by atoms with E-state index in [0.29, 0.717) is 9.13 Å². The number of halogens is 2. The molecular weight excluding hydrogens is 637 g/mol. The van der Waals surface area contributed by atoms with Crippen LogP contribution in [0, 0.1) is 25.0 Å². The van der Waals surface area contributed by atoms with Crippen LogP contribution in [0.2, 0.25) is 5.02 Å². The smallest absolute Gasteiger partial charge is 0.339 e. The van der Waals surface area contributed by atoms with Gasteiger partial charge in [0.2, 0.25) is 0 Å². The summed E-state index contributed by atoms with van der Waals surface area (Å²) in [5, 5.41) is 23.0. The van der Waals surface area contributed by atoms with Crippen molar-refractivity contribution >= 4 is 67.7 Å². The van der Waals surface area contributed by atoms with Crippen LogP contribution in [-0.2, 0) is 14.9 Å². The Morgan fingerprint density at radius 3 is 2.54 bits per heavy atom. The van der Waals surface area contributed by atoms with Crippen LogP contribution in [0.4, 0.5) is 11.4 Å². The van der Waals surface area contributed by atoms with Gasteiger partial charge in [0.25, 0.3) is 11.6 Å². The molecule has 0 unspecified atom stereocenters. The normalized spacial score (nSPS) is 11.4. The second-order valence-electron chi connectivity index (χ2n) is 7.16. The zero-order valence-electron chi connectivity index (χ0n) is 19.0. The van der Waals surface area contributed by atoms with E-state index in [4.69, 9.17) is 20.5 Å². The third kappa shape index (κ3) is 6.97. The highest BCUT2D eigenvalue weighted by Gasteiger charge is 2.22. The standard InChI is InChI=1S/C24H17ClIN3O7S/c1-2-35-22-12-15(11-20(26)23(22)36-37(33,34)18-6-4-3-5-7-18)10-16(14-27)24(30)28-21-13-17(29(31)32)8-9-19(21)25/h3-13H,2H2,1H3,(H,28,30)/b16-10+. The van der Waals surface area contributed by atoms with Crippen molar-refractivity contribution in [1.29, 1.82) is 5.26 Å². The second-order valence-corrected chi connectivity index (χ2v) is 10.3. The molecule has 13 heteroatoms. The molecule has 0 aliphatic heterocycles. The molecule has 0 aliphatic rings. The van der Waals surface area contributed by atoms with Gasteiger partial charge in [-0.15, -0.1) is 0 Å². The summed E-state index contributed by atoms with van der Waals surface area (Å²) in [6.45, 7) is 1.88. The minimum Gasteiger partial charge on any atom is -0.490 e. The molecule has 190 valence electrons. The van der Waals surface area contributed by atoms with Crippen LogP contribution in [-0.4, -0.2) is 25.9 Å². The number of nitrogens with one attached hydrogen (secondary N) is 1. The number of hydrogen-bond donors (Lipinski definition) is 1. The van der Waals surface area contributed by atoms with Crippen molar-refractivity contribution in [2.24, 2.45) is 0 Å². The molecule has 0 radical (unpaired) electrons. The summed E-state index contributed by atoms with van der Waals surface area (Å²) in [4.78, 5) is 23.1. The third-order valence-corrected chi connectivity index (χ3v) is 7.01. The lowest BCUT2D eigenvalue weighted by molar-refractivity contribution is -0.384. The van der Waals surface area contributed by atoms with E-state index in [2.05, 4.69) is 5.32 Å². The highest BCUT2D eigenvalue weighted by atomic mass is 127. The van der Waals surface area contributed by atoms with Gasteiger partial charge in [0, 0.05) is 12.1 Å². The Labute approximate surface area is 230 Å². The zero-order chi connectivity index (χ0) is 27.2. The van der Waals surface area contributed by atoms with Crippen molar-refractivity contribution in [3.63, 3.8) is 0 Å². The number of amides is 1. The van der Waals surface area contributed by atoms with E-state index in [1.807, 2.05) is 22.6 Å². The first-order valence-corrected chi connectivity index (χ1v) is 13.2. The lowest BCUT2D eigenvalue weighted by Crippen LogP contribution is -2.14. The topological polar surface area (TPSA) is 149 Å². The molecule has 0 bridgehead atoms. The Kier molecular flexibility index (Phi) is 9.09. The molecule has 0 saturated carbocycles. The molecule has 0 fully saturated rings. The van der Waals surface area contributed by atoms with Gasteiger partial charge in [0.1, 0.15) is 16.5 Å². The van der Waals surface area contributed by atoms with Crippen LogP contribution in [0.5, 0.6) is 11.5 Å². The number of nitrogens with zero attached hydrogens (tertiary/aromatic N) is 2. The summed E-state index contributed by atoms with van der Waals surface area (Å²) < 4.78 is 36.7. The van der Waals surface area contributed by atoms with Gasteiger partial charge in [-0.1, -0.05) is 29.8 Å². The number of ether oxygens (including phenoxy) is 1. The van der Waals surface area contributed by atoms with Gasteiger partial charge >= 0.3 is 10.1 Å². The Hall–Kier alpha value is -3.67.